The average Bonchev–Trinajstić information content (AvgIpc) is 2.55. The number of ether oxygens (including phenoxy) is 3. The van der Waals surface area contributed by atoms with Gasteiger partial charge in [-0.15, -0.1) is 12.4 Å². The van der Waals surface area contributed by atoms with E-state index < -0.39 is 0 Å². The van der Waals surface area contributed by atoms with Gasteiger partial charge in [0.1, 0.15) is 0 Å². The van der Waals surface area contributed by atoms with Crippen LogP contribution in [0.2, 0.25) is 0 Å². The number of β-amino-alcohol motifs (C(OH)–C–C–N with tert-alkyl or cyclic N) is 1. The standard InChI is InChI=1S/C17H28N2O4.ClH.H2O/c1-13(20)11-18-7-9-19(10-8-18)12-14-5-6-15(21-2)17(23-4)16(14)22-3;;/h5-6,13,20H,7-12H2,1-4H3;1H;1H2. The third-order valence-electron chi connectivity index (χ3n) is 4.17. The SMILES string of the molecule is COc1ccc(CN2CCN(CC(C)O)CC2)c(OC)c1OC.Cl.O. The minimum Gasteiger partial charge on any atom is -0.493 e. The van der Waals surface area contributed by atoms with Crippen molar-refractivity contribution in [2.75, 3.05) is 54.1 Å². The first-order chi connectivity index (χ1) is 11.1. The van der Waals surface area contributed by atoms with Crippen molar-refractivity contribution in [2.24, 2.45) is 0 Å². The van der Waals surface area contributed by atoms with E-state index in [2.05, 4.69) is 9.80 Å². The summed E-state index contributed by atoms with van der Waals surface area (Å²) in [7, 11) is 4.90. The van der Waals surface area contributed by atoms with Crippen LogP contribution in [-0.4, -0.2) is 80.5 Å². The molecular formula is C17H31ClN2O5. The second-order valence-corrected chi connectivity index (χ2v) is 5.92. The van der Waals surface area contributed by atoms with E-state index in [1.54, 1.807) is 21.3 Å². The first-order valence-corrected chi connectivity index (χ1v) is 7.99. The third kappa shape index (κ3) is 6.20. The average molecular weight is 379 g/mol. The number of halogens is 1. The van der Waals surface area contributed by atoms with Crippen LogP contribution in [0.1, 0.15) is 12.5 Å². The van der Waals surface area contributed by atoms with Gasteiger partial charge >= 0.3 is 0 Å². The summed E-state index contributed by atoms with van der Waals surface area (Å²) >= 11 is 0. The molecule has 146 valence electrons. The van der Waals surface area contributed by atoms with E-state index in [-0.39, 0.29) is 24.0 Å². The smallest absolute Gasteiger partial charge is 0.203 e. The summed E-state index contributed by atoms with van der Waals surface area (Å²) in [6.45, 7) is 7.29. The Morgan fingerprint density at radius 3 is 2.00 bits per heavy atom. The predicted octanol–water partition coefficient (Wildman–Crippen LogP) is 0.808. The fourth-order valence-electron chi connectivity index (χ4n) is 3.03. The van der Waals surface area contributed by atoms with Crippen LogP contribution in [0.25, 0.3) is 0 Å². The molecule has 0 aliphatic carbocycles. The monoisotopic (exact) mass is 378 g/mol. The number of aliphatic hydroxyl groups is 1. The fraction of sp³-hybridized carbons (Fsp3) is 0.647. The van der Waals surface area contributed by atoms with Crippen LogP contribution >= 0.6 is 12.4 Å². The summed E-state index contributed by atoms with van der Waals surface area (Å²) < 4.78 is 16.3. The van der Waals surface area contributed by atoms with E-state index in [9.17, 15) is 5.11 Å². The van der Waals surface area contributed by atoms with Crippen LogP contribution in [0.3, 0.4) is 0 Å². The Kier molecular flexibility index (Phi) is 10.8. The Labute approximate surface area is 156 Å². The summed E-state index contributed by atoms with van der Waals surface area (Å²) in [5.41, 5.74) is 1.09. The second kappa shape index (κ2) is 11.4. The molecule has 0 radical (unpaired) electrons. The Bertz CT molecular complexity index is 508. The quantitative estimate of drug-likeness (QED) is 0.755. The minimum atomic E-state index is -0.271. The normalized spacial score (nSPS) is 16.4. The molecule has 0 saturated carbocycles. The highest BCUT2D eigenvalue weighted by molar-refractivity contribution is 5.85. The van der Waals surface area contributed by atoms with Crippen LogP contribution in [0.15, 0.2) is 12.1 Å². The second-order valence-electron chi connectivity index (χ2n) is 5.92. The molecular weight excluding hydrogens is 348 g/mol. The molecule has 7 nitrogen and oxygen atoms in total. The summed E-state index contributed by atoms with van der Waals surface area (Å²) in [6.07, 6.45) is -0.271. The maximum atomic E-state index is 9.48. The number of hydrogen-bond acceptors (Lipinski definition) is 6. The number of hydrogen-bond donors (Lipinski definition) is 1. The summed E-state index contributed by atoms with van der Waals surface area (Å²) in [4.78, 5) is 4.69. The van der Waals surface area contributed by atoms with E-state index in [1.165, 1.54) is 0 Å². The van der Waals surface area contributed by atoms with E-state index in [0.29, 0.717) is 11.5 Å². The van der Waals surface area contributed by atoms with Crippen LogP contribution < -0.4 is 14.2 Å². The molecule has 1 unspecified atom stereocenters. The molecule has 1 atom stereocenters. The van der Waals surface area contributed by atoms with Crippen molar-refractivity contribution in [2.45, 2.75) is 19.6 Å². The predicted molar refractivity (Wildman–Crippen MR) is 100 cm³/mol. The number of benzene rings is 1. The van der Waals surface area contributed by atoms with Gasteiger partial charge in [-0.1, -0.05) is 6.07 Å². The highest BCUT2D eigenvalue weighted by atomic mass is 35.5. The molecule has 25 heavy (non-hydrogen) atoms. The molecule has 1 aromatic rings. The van der Waals surface area contributed by atoms with E-state index in [4.69, 9.17) is 14.2 Å². The topological polar surface area (TPSA) is 85.9 Å². The van der Waals surface area contributed by atoms with Crippen molar-refractivity contribution in [3.05, 3.63) is 17.7 Å². The van der Waals surface area contributed by atoms with Crippen molar-refractivity contribution >= 4 is 12.4 Å². The molecule has 0 bridgehead atoms. The molecule has 1 saturated heterocycles. The van der Waals surface area contributed by atoms with Gasteiger partial charge in [-0.25, -0.2) is 0 Å². The van der Waals surface area contributed by atoms with Gasteiger partial charge < -0.3 is 24.8 Å². The van der Waals surface area contributed by atoms with Crippen LogP contribution in [-0.2, 0) is 6.54 Å². The molecule has 0 spiro atoms. The van der Waals surface area contributed by atoms with Crippen LogP contribution in [0.4, 0.5) is 0 Å². The highest BCUT2D eigenvalue weighted by Crippen LogP contribution is 2.40. The zero-order valence-electron chi connectivity index (χ0n) is 15.4. The molecule has 1 fully saturated rings. The van der Waals surface area contributed by atoms with E-state index in [0.717, 1.165) is 50.6 Å². The largest absolute Gasteiger partial charge is 0.493 e. The van der Waals surface area contributed by atoms with Crippen molar-refractivity contribution in [1.82, 2.24) is 9.80 Å². The van der Waals surface area contributed by atoms with Gasteiger partial charge in [0.2, 0.25) is 5.75 Å². The van der Waals surface area contributed by atoms with Gasteiger partial charge in [0, 0.05) is 44.8 Å². The lowest BCUT2D eigenvalue weighted by Crippen LogP contribution is -2.47. The number of methoxy groups -OCH3 is 3. The van der Waals surface area contributed by atoms with Crippen molar-refractivity contribution in [1.29, 1.82) is 0 Å². The molecule has 8 heteroatoms. The third-order valence-corrected chi connectivity index (χ3v) is 4.17. The molecule has 3 N–H and O–H groups in total. The zero-order chi connectivity index (χ0) is 16.8. The lowest BCUT2D eigenvalue weighted by molar-refractivity contribution is 0.0777. The minimum absolute atomic E-state index is 0. The first kappa shape index (κ1) is 23.8. The summed E-state index contributed by atoms with van der Waals surface area (Å²) in [6, 6.07) is 3.95. The first-order valence-electron chi connectivity index (χ1n) is 7.99. The Balaban J connectivity index is 0.00000288. The molecule has 0 aromatic heterocycles. The van der Waals surface area contributed by atoms with Gasteiger partial charge in [0.15, 0.2) is 11.5 Å². The summed E-state index contributed by atoms with van der Waals surface area (Å²) in [5.74, 6) is 2.05. The number of rotatable bonds is 7. The Hall–Kier alpha value is -1.25. The number of aliphatic hydroxyl groups excluding tert-OH is 1. The molecule has 0 amide bonds. The number of piperazine rings is 1. The van der Waals surface area contributed by atoms with Crippen molar-refractivity contribution in [3.63, 3.8) is 0 Å². The fourth-order valence-corrected chi connectivity index (χ4v) is 3.03. The van der Waals surface area contributed by atoms with Crippen molar-refractivity contribution in [3.8, 4) is 17.2 Å². The van der Waals surface area contributed by atoms with Gasteiger partial charge in [0.25, 0.3) is 0 Å². The lowest BCUT2D eigenvalue weighted by Gasteiger charge is -2.35. The van der Waals surface area contributed by atoms with E-state index >= 15 is 0 Å². The Morgan fingerprint density at radius 2 is 1.52 bits per heavy atom. The molecule has 1 heterocycles. The van der Waals surface area contributed by atoms with Crippen LogP contribution in [0.5, 0.6) is 17.2 Å². The van der Waals surface area contributed by atoms with Gasteiger partial charge in [-0.3, -0.25) is 9.80 Å². The zero-order valence-corrected chi connectivity index (χ0v) is 16.3. The van der Waals surface area contributed by atoms with Gasteiger partial charge in [0.05, 0.1) is 27.4 Å². The van der Waals surface area contributed by atoms with Gasteiger partial charge in [-0.2, -0.15) is 0 Å². The Morgan fingerprint density at radius 1 is 0.960 bits per heavy atom. The lowest BCUT2D eigenvalue weighted by atomic mass is 10.1. The van der Waals surface area contributed by atoms with E-state index in [1.807, 2.05) is 19.1 Å². The van der Waals surface area contributed by atoms with Gasteiger partial charge in [-0.05, 0) is 13.0 Å². The molecule has 1 aromatic carbocycles. The highest BCUT2D eigenvalue weighted by Gasteiger charge is 2.21. The maximum absolute atomic E-state index is 9.48. The summed E-state index contributed by atoms with van der Waals surface area (Å²) in [5, 5.41) is 9.48. The number of nitrogens with zero attached hydrogens (tertiary/aromatic N) is 2. The molecule has 1 aliphatic heterocycles. The maximum Gasteiger partial charge on any atom is 0.203 e. The van der Waals surface area contributed by atoms with Crippen molar-refractivity contribution < 1.29 is 24.8 Å². The molecule has 1 aliphatic rings. The van der Waals surface area contributed by atoms with Crippen LogP contribution in [0, 0.1) is 0 Å². The molecule has 2 rings (SSSR count).